The first-order chi connectivity index (χ1) is 10.1. The number of benzene rings is 1. The Morgan fingerprint density at radius 3 is 2.38 bits per heavy atom. The van der Waals surface area contributed by atoms with E-state index in [9.17, 15) is 9.90 Å². The van der Waals surface area contributed by atoms with E-state index in [1.54, 1.807) is 6.07 Å². The molecular weight excluding hydrogens is 262 g/mol. The molecule has 21 heavy (non-hydrogen) atoms. The van der Waals surface area contributed by atoms with Crippen molar-refractivity contribution < 1.29 is 9.90 Å². The molecule has 3 heteroatoms. The summed E-state index contributed by atoms with van der Waals surface area (Å²) in [5.41, 5.74) is 1.94. The van der Waals surface area contributed by atoms with Gasteiger partial charge in [-0.25, -0.2) is 0 Å². The van der Waals surface area contributed by atoms with Gasteiger partial charge in [0, 0.05) is 18.7 Å². The molecule has 2 aliphatic rings. The van der Waals surface area contributed by atoms with Crippen LogP contribution in [0.2, 0.25) is 0 Å². The summed E-state index contributed by atoms with van der Waals surface area (Å²) in [5, 5.41) is 9.78. The topological polar surface area (TPSA) is 40.5 Å². The largest absolute Gasteiger partial charge is 0.508 e. The molecule has 1 aliphatic heterocycles. The fourth-order valence-electron chi connectivity index (χ4n) is 3.91. The van der Waals surface area contributed by atoms with Crippen LogP contribution in [0.4, 0.5) is 0 Å². The van der Waals surface area contributed by atoms with Crippen LogP contribution in [0.25, 0.3) is 0 Å². The number of aromatic hydroxyl groups is 1. The molecule has 0 unspecified atom stereocenters. The average molecular weight is 287 g/mol. The highest BCUT2D eigenvalue weighted by atomic mass is 16.3. The van der Waals surface area contributed by atoms with E-state index in [1.807, 2.05) is 24.0 Å². The van der Waals surface area contributed by atoms with Gasteiger partial charge < -0.3 is 10.0 Å². The van der Waals surface area contributed by atoms with Crippen LogP contribution in [0.1, 0.15) is 60.9 Å². The highest BCUT2D eigenvalue weighted by Crippen LogP contribution is 2.44. The Bertz CT molecular complexity index is 522. The van der Waals surface area contributed by atoms with Gasteiger partial charge in [0.1, 0.15) is 5.75 Å². The number of amides is 1. The zero-order valence-corrected chi connectivity index (χ0v) is 12.9. The van der Waals surface area contributed by atoms with Gasteiger partial charge in [-0.2, -0.15) is 0 Å². The summed E-state index contributed by atoms with van der Waals surface area (Å²) in [7, 11) is 0. The number of carbonyl (C=O) groups excluding carboxylic acids is 1. The molecule has 3 rings (SSSR count). The zero-order chi connectivity index (χ0) is 14.9. The number of aryl methyl sites for hydroxylation is 1. The second-order valence-electron chi connectivity index (χ2n) is 6.85. The van der Waals surface area contributed by atoms with E-state index >= 15 is 0 Å². The molecule has 1 amide bonds. The number of nitrogens with zero attached hydrogens (tertiary/aromatic N) is 1. The van der Waals surface area contributed by atoms with Gasteiger partial charge in [0.2, 0.25) is 0 Å². The van der Waals surface area contributed by atoms with Crippen molar-refractivity contribution in [3.8, 4) is 5.75 Å². The smallest absolute Gasteiger partial charge is 0.253 e. The van der Waals surface area contributed by atoms with Crippen molar-refractivity contribution in [2.45, 2.75) is 51.9 Å². The lowest BCUT2D eigenvalue weighted by Gasteiger charge is -2.44. The number of rotatable bonds is 1. The normalized spacial score (nSPS) is 21.5. The van der Waals surface area contributed by atoms with Crippen LogP contribution in [0.15, 0.2) is 18.2 Å². The minimum atomic E-state index is 0.0657. The molecule has 0 aromatic heterocycles. The maximum absolute atomic E-state index is 12.5. The molecule has 1 saturated carbocycles. The van der Waals surface area contributed by atoms with Gasteiger partial charge in [-0.1, -0.05) is 25.3 Å². The molecule has 0 atom stereocenters. The van der Waals surface area contributed by atoms with Crippen molar-refractivity contribution >= 4 is 5.91 Å². The van der Waals surface area contributed by atoms with Crippen LogP contribution in [-0.4, -0.2) is 29.0 Å². The average Bonchev–Trinajstić information content (AvgIpc) is 2.51. The molecule has 114 valence electrons. The van der Waals surface area contributed by atoms with E-state index in [-0.39, 0.29) is 11.7 Å². The number of hydrogen-bond acceptors (Lipinski definition) is 2. The van der Waals surface area contributed by atoms with Crippen LogP contribution in [0.3, 0.4) is 0 Å². The monoisotopic (exact) mass is 287 g/mol. The summed E-state index contributed by atoms with van der Waals surface area (Å²) in [6.07, 6.45) is 9.10. The maximum Gasteiger partial charge on any atom is 0.253 e. The fraction of sp³-hybridized carbons (Fsp3) is 0.611. The summed E-state index contributed by atoms with van der Waals surface area (Å²) in [5.74, 6) is 0.276. The summed E-state index contributed by atoms with van der Waals surface area (Å²) in [6, 6.07) is 5.24. The lowest BCUT2D eigenvalue weighted by molar-refractivity contribution is 0.0471. The summed E-state index contributed by atoms with van der Waals surface area (Å²) < 4.78 is 0. The summed E-state index contributed by atoms with van der Waals surface area (Å²) in [4.78, 5) is 14.5. The van der Waals surface area contributed by atoms with E-state index in [1.165, 1.54) is 32.1 Å². The van der Waals surface area contributed by atoms with Crippen LogP contribution in [-0.2, 0) is 0 Å². The number of piperidine rings is 1. The van der Waals surface area contributed by atoms with E-state index < -0.39 is 0 Å². The molecule has 1 N–H and O–H groups in total. The first kappa shape index (κ1) is 14.4. The highest BCUT2D eigenvalue weighted by Gasteiger charge is 2.36. The van der Waals surface area contributed by atoms with E-state index in [2.05, 4.69) is 0 Å². The van der Waals surface area contributed by atoms with Gasteiger partial charge >= 0.3 is 0 Å². The molecule has 1 spiro atoms. The molecule has 3 nitrogen and oxygen atoms in total. The van der Waals surface area contributed by atoms with Crippen LogP contribution >= 0.6 is 0 Å². The van der Waals surface area contributed by atoms with Crippen molar-refractivity contribution in [1.29, 1.82) is 0 Å². The lowest BCUT2D eigenvalue weighted by atomic mass is 9.68. The Hall–Kier alpha value is -1.51. The Kier molecular flexibility index (Phi) is 3.92. The minimum Gasteiger partial charge on any atom is -0.508 e. The second kappa shape index (κ2) is 5.70. The predicted molar refractivity (Wildman–Crippen MR) is 83.5 cm³/mol. The Morgan fingerprint density at radius 2 is 1.76 bits per heavy atom. The highest BCUT2D eigenvalue weighted by molar-refractivity contribution is 5.94. The molecule has 0 radical (unpaired) electrons. The second-order valence-corrected chi connectivity index (χ2v) is 6.85. The Balaban J connectivity index is 1.65. The Labute approximate surface area is 127 Å². The zero-order valence-electron chi connectivity index (χ0n) is 12.9. The van der Waals surface area contributed by atoms with E-state index in [0.717, 1.165) is 31.5 Å². The quantitative estimate of drug-likeness (QED) is 0.851. The fourth-order valence-corrected chi connectivity index (χ4v) is 3.91. The van der Waals surface area contributed by atoms with Gasteiger partial charge in [0.15, 0.2) is 0 Å². The maximum atomic E-state index is 12.5. The van der Waals surface area contributed by atoms with Crippen LogP contribution in [0, 0.1) is 12.3 Å². The van der Waals surface area contributed by atoms with Crippen molar-refractivity contribution in [1.82, 2.24) is 4.90 Å². The molecule has 0 bridgehead atoms. The van der Waals surface area contributed by atoms with Gasteiger partial charge in [0.25, 0.3) is 5.91 Å². The predicted octanol–water partition coefficient (Wildman–Crippen LogP) is 3.89. The van der Waals surface area contributed by atoms with Gasteiger partial charge in [0.05, 0.1) is 0 Å². The van der Waals surface area contributed by atoms with Gasteiger partial charge in [-0.05, 0) is 55.7 Å². The van der Waals surface area contributed by atoms with E-state index in [4.69, 9.17) is 0 Å². The van der Waals surface area contributed by atoms with E-state index in [0.29, 0.717) is 11.0 Å². The molecule has 1 aromatic rings. The minimum absolute atomic E-state index is 0.0657. The molecule has 1 heterocycles. The van der Waals surface area contributed by atoms with Crippen molar-refractivity contribution in [3.63, 3.8) is 0 Å². The summed E-state index contributed by atoms with van der Waals surface area (Å²) in [6.45, 7) is 3.58. The molecule has 1 aromatic carbocycles. The van der Waals surface area contributed by atoms with Crippen molar-refractivity contribution in [2.75, 3.05) is 13.1 Å². The first-order valence-electron chi connectivity index (χ1n) is 8.19. The Morgan fingerprint density at radius 1 is 1.10 bits per heavy atom. The molecule has 1 saturated heterocycles. The van der Waals surface area contributed by atoms with Crippen molar-refractivity contribution in [2.24, 2.45) is 5.41 Å². The van der Waals surface area contributed by atoms with Gasteiger partial charge in [-0.15, -0.1) is 0 Å². The third kappa shape index (κ3) is 2.92. The lowest BCUT2D eigenvalue weighted by Crippen LogP contribution is -2.43. The molecule has 2 fully saturated rings. The standard InChI is InChI=1S/C18H25NO2/c1-14-5-6-15(13-16(14)20)17(21)19-11-9-18(10-12-19)7-3-2-4-8-18/h5-6,13,20H,2-4,7-12H2,1H3. The number of likely N-dealkylation sites (tertiary alicyclic amines) is 1. The number of phenols is 1. The van der Waals surface area contributed by atoms with Crippen molar-refractivity contribution in [3.05, 3.63) is 29.3 Å². The first-order valence-corrected chi connectivity index (χ1v) is 8.19. The summed E-state index contributed by atoms with van der Waals surface area (Å²) >= 11 is 0. The van der Waals surface area contributed by atoms with Crippen LogP contribution in [0.5, 0.6) is 5.75 Å². The number of hydrogen-bond donors (Lipinski definition) is 1. The molecule has 1 aliphatic carbocycles. The third-order valence-electron chi connectivity index (χ3n) is 5.48. The van der Waals surface area contributed by atoms with Crippen LogP contribution < -0.4 is 0 Å². The molecular formula is C18H25NO2. The SMILES string of the molecule is Cc1ccc(C(=O)N2CCC3(CCCCC3)CC2)cc1O. The number of phenolic OH excluding ortho intramolecular Hbond substituents is 1. The van der Waals surface area contributed by atoms with Gasteiger partial charge in [-0.3, -0.25) is 4.79 Å². The number of carbonyl (C=O) groups is 1. The third-order valence-corrected chi connectivity index (χ3v) is 5.48.